The Hall–Kier alpha value is -1.67. The molecule has 2 aromatic rings. The van der Waals surface area contributed by atoms with Gasteiger partial charge in [0.05, 0.1) is 4.90 Å². The SMILES string of the molecule is CC(C)NC(=O)C1CN(S(=O)(=O)c2ccc3cc(Cl)ccc3c2)CCN1. The van der Waals surface area contributed by atoms with E-state index in [-0.39, 0.29) is 23.4 Å². The zero-order valence-corrected chi connectivity index (χ0v) is 16.3. The number of nitrogens with zero attached hydrogens (tertiary/aromatic N) is 1. The van der Waals surface area contributed by atoms with Crippen LogP contribution in [0.2, 0.25) is 5.02 Å². The summed E-state index contributed by atoms with van der Waals surface area (Å²) >= 11 is 5.98. The molecule has 1 amide bonds. The minimum atomic E-state index is -3.68. The van der Waals surface area contributed by atoms with Crippen LogP contribution in [0.1, 0.15) is 13.8 Å². The van der Waals surface area contributed by atoms with Gasteiger partial charge in [-0.3, -0.25) is 4.79 Å². The molecule has 3 rings (SSSR count). The molecule has 6 nitrogen and oxygen atoms in total. The summed E-state index contributed by atoms with van der Waals surface area (Å²) in [7, 11) is -3.68. The number of rotatable bonds is 4. The van der Waals surface area contributed by atoms with E-state index >= 15 is 0 Å². The van der Waals surface area contributed by atoms with Gasteiger partial charge in [-0.05, 0) is 48.9 Å². The average Bonchev–Trinajstić information content (AvgIpc) is 2.60. The van der Waals surface area contributed by atoms with Crippen LogP contribution in [0.5, 0.6) is 0 Å². The third kappa shape index (κ3) is 4.01. The molecule has 2 aromatic carbocycles. The average molecular weight is 396 g/mol. The number of benzene rings is 2. The second-order valence-electron chi connectivity index (χ2n) is 6.69. The fraction of sp³-hybridized carbons (Fsp3) is 0.389. The summed E-state index contributed by atoms with van der Waals surface area (Å²) in [4.78, 5) is 12.4. The van der Waals surface area contributed by atoms with E-state index in [2.05, 4.69) is 10.6 Å². The van der Waals surface area contributed by atoms with Crippen LogP contribution in [0.4, 0.5) is 0 Å². The maximum Gasteiger partial charge on any atom is 0.243 e. The van der Waals surface area contributed by atoms with Crippen molar-refractivity contribution in [1.82, 2.24) is 14.9 Å². The van der Waals surface area contributed by atoms with Crippen molar-refractivity contribution in [1.29, 1.82) is 0 Å². The Bertz CT molecular complexity index is 930. The topological polar surface area (TPSA) is 78.5 Å². The summed E-state index contributed by atoms with van der Waals surface area (Å²) in [6.45, 7) is 4.61. The van der Waals surface area contributed by atoms with Gasteiger partial charge in [0.2, 0.25) is 15.9 Å². The lowest BCUT2D eigenvalue weighted by Crippen LogP contribution is -2.58. The lowest BCUT2D eigenvalue weighted by atomic mass is 10.1. The Morgan fingerprint density at radius 2 is 1.92 bits per heavy atom. The van der Waals surface area contributed by atoms with Gasteiger partial charge in [-0.2, -0.15) is 4.31 Å². The fourth-order valence-corrected chi connectivity index (χ4v) is 4.68. The highest BCUT2D eigenvalue weighted by atomic mass is 35.5. The summed E-state index contributed by atoms with van der Waals surface area (Å²) in [6, 6.07) is 9.75. The molecule has 1 atom stereocenters. The third-order valence-corrected chi connectivity index (χ3v) is 6.39. The molecule has 1 fully saturated rings. The second-order valence-corrected chi connectivity index (χ2v) is 9.06. The Morgan fingerprint density at radius 1 is 1.23 bits per heavy atom. The molecule has 0 spiro atoms. The molecule has 2 N–H and O–H groups in total. The number of nitrogens with one attached hydrogen (secondary N) is 2. The number of fused-ring (bicyclic) bond motifs is 1. The Labute approximate surface area is 158 Å². The van der Waals surface area contributed by atoms with E-state index in [1.54, 1.807) is 36.4 Å². The number of piperazine rings is 1. The van der Waals surface area contributed by atoms with Gasteiger partial charge in [0.25, 0.3) is 0 Å². The predicted molar refractivity (Wildman–Crippen MR) is 103 cm³/mol. The van der Waals surface area contributed by atoms with Crippen LogP contribution in [0.25, 0.3) is 10.8 Å². The molecule has 1 unspecified atom stereocenters. The van der Waals surface area contributed by atoms with Crippen LogP contribution in [0.3, 0.4) is 0 Å². The van der Waals surface area contributed by atoms with E-state index in [0.29, 0.717) is 18.1 Å². The molecule has 26 heavy (non-hydrogen) atoms. The number of amides is 1. The second kappa shape index (κ2) is 7.52. The molecule has 0 bridgehead atoms. The molecule has 1 aliphatic rings. The van der Waals surface area contributed by atoms with Gasteiger partial charge < -0.3 is 10.6 Å². The van der Waals surface area contributed by atoms with Crippen LogP contribution in [0, 0.1) is 0 Å². The van der Waals surface area contributed by atoms with E-state index in [1.807, 2.05) is 13.8 Å². The molecular formula is C18H22ClN3O3S. The highest BCUT2D eigenvalue weighted by Crippen LogP contribution is 2.25. The lowest BCUT2D eigenvalue weighted by molar-refractivity contribution is -0.124. The maximum absolute atomic E-state index is 13.0. The van der Waals surface area contributed by atoms with Crippen molar-refractivity contribution in [2.24, 2.45) is 0 Å². The molecule has 1 aliphatic heterocycles. The van der Waals surface area contributed by atoms with Crippen LogP contribution >= 0.6 is 11.6 Å². The largest absolute Gasteiger partial charge is 0.353 e. The van der Waals surface area contributed by atoms with Gasteiger partial charge >= 0.3 is 0 Å². The van der Waals surface area contributed by atoms with Crippen molar-refractivity contribution in [3.63, 3.8) is 0 Å². The number of sulfonamides is 1. The van der Waals surface area contributed by atoms with Crippen molar-refractivity contribution in [2.45, 2.75) is 30.8 Å². The van der Waals surface area contributed by atoms with Gasteiger partial charge in [-0.25, -0.2) is 8.42 Å². The molecule has 0 aliphatic carbocycles. The first-order valence-electron chi connectivity index (χ1n) is 8.50. The van der Waals surface area contributed by atoms with Crippen molar-refractivity contribution in [3.05, 3.63) is 41.4 Å². The number of hydrogen-bond acceptors (Lipinski definition) is 4. The molecule has 1 saturated heterocycles. The minimum Gasteiger partial charge on any atom is -0.353 e. The summed E-state index contributed by atoms with van der Waals surface area (Å²) in [5.74, 6) is -0.187. The number of halogens is 1. The molecule has 8 heteroatoms. The van der Waals surface area contributed by atoms with E-state index in [9.17, 15) is 13.2 Å². The Balaban J connectivity index is 1.85. The monoisotopic (exact) mass is 395 g/mol. The van der Waals surface area contributed by atoms with E-state index in [4.69, 9.17) is 11.6 Å². The number of carbonyl (C=O) groups is 1. The lowest BCUT2D eigenvalue weighted by Gasteiger charge is -2.32. The quantitative estimate of drug-likeness (QED) is 0.829. The fourth-order valence-electron chi connectivity index (χ4n) is 3.01. The van der Waals surface area contributed by atoms with Gasteiger partial charge in [0.15, 0.2) is 0 Å². The van der Waals surface area contributed by atoms with Crippen LogP contribution < -0.4 is 10.6 Å². The van der Waals surface area contributed by atoms with Crippen molar-refractivity contribution < 1.29 is 13.2 Å². The molecule has 140 valence electrons. The van der Waals surface area contributed by atoms with Gasteiger partial charge in [-0.15, -0.1) is 0 Å². The number of carbonyl (C=O) groups excluding carboxylic acids is 1. The van der Waals surface area contributed by atoms with Gasteiger partial charge in [0, 0.05) is 30.7 Å². The van der Waals surface area contributed by atoms with Crippen LogP contribution in [0.15, 0.2) is 41.3 Å². The highest BCUT2D eigenvalue weighted by molar-refractivity contribution is 7.89. The van der Waals surface area contributed by atoms with E-state index in [1.165, 1.54) is 4.31 Å². The summed E-state index contributed by atoms with van der Waals surface area (Å²) in [5, 5.41) is 8.19. The van der Waals surface area contributed by atoms with Crippen LogP contribution in [-0.2, 0) is 14.8 Å². The van der Waals surface area contributed by atoms with Crippen molar-refractivity contribution in [3.8, 4) is 0 Å². The van der Waals surface area contributed by atoms with Crippen molar-refractivity contribution in [2.75, 3.05) is 19.6 Å². The zero-order chi connectivity index (χ0) is 18.9. The first kappa shape index (κ1) is 19.1. The Morgan fingerprint density at radius 3 is 2.65 bits per heavy atom. The highest BCUT2D eigenvalue weighted by Gasteiger charge is 2.33. The molecular weight excluding hydrogens is 374 g/mol. The summed E-state index contributed by atoms with van der Waals surface area (Å²) in [5.41, 5.74) is 0. The smallest absolute Gasteiger partial charge is 0.243 e. The Kier molecular flexibility index (Phi) is 5.53. The molecule has 0 saturated carbocycles. The molecule has 0 aromatic heterocycles. The zero-order valence-electron chi connectivity index (χ0n) is 14.7. The summed E-state index contributed by atoms with van der Waals surface area (Å²) < 4.78 is 27.4. The van der Waals surface area contributed by atoms with Gasteiger partial charge in [0.1, 0.15) is 6.04 Å². The van der Waals surface area contributed by atoms with Crippen LogP contribution in [-0.4, -0.2) is 50.3 Å². The minimum absolute atomic E-state index is 0.00333. The van der Waals surface area contributed by atoms with E-state index in [0.717, 1.165) is 10.8 Å². The first-order valence-corrected chi connectivity index (χ1v) is 10.3. The third-order valence-electron chi connectivity index (χ3n) is 4.30. The van der Waals surface area contributed by atoms with Gasteiger partial charge in [-0.1, -0.05) is 23.7 Å². The maximum atomic E-state index is 13.0. The molecule has 0 radical (unpaired) electrons. The standard InChI is InChI=1S/C18H22ClN3O3S/c1-12(2)21-18(23)17-11-22(8-7-20-17)26(24,25)16-6-4-13-9-15(19)5-3-14(13)10-16/h3-6,9-10,12,17,20H,7-8,11H2,1-2H3,(H,21,23). The molecule has 1 heterocycles. The first-order chi connectivity index (χ1) is 12.3. The van der Waals surface area contributed by atoms with Crippen molar-refractivity contribution >= 4 is 38.3 Å². The summed E-state index contributed by atoms with van der Waals surface area (Å²) in [6.07, 6.45) is 0. The number of hydrogen-bond donors (Lipinski definition) is 2. The normalized spacial score (nSPS) is 19.0. The van der Waals surface area contributed by atoms with E-state index < -0.39 is 16.1 Å². The predicted octanol–water partition coefficient (Wildman–Crippen LogP) is 1.98.